The summed E-state index contributed by atoms with van der Waals surface area (Å²) >= 11 is 0. The topological polar surface area (TPSA) is 26.3 Å². The maximum absolute atomic E-state index is 10.6. The number of benzene rings is 1. The highest BCUT2D eigenvalue weighted by Crippen LogP contribution is 2.13. The molecular formula is C13H18O2. The average molecular weight is 206 g/mol. The zero-order chi connectivity index (χ0) is 11.1. The number of hydrogen-bond acceptors (Lipinski definition) is 2. The lowest BCUT2D eigenvalue weighted by Crippen LogP contribution is -1.95. The first-order chi connectivity index (χ1) is 7.27. The molecule has 0 fully saturated rings. The Morgan fingerprint density at radius 3 is 2.80 bits per heavy atom. The minimum absolute atomic E-state index is 0.766. The Morgan fingerprint density at radius 2 is 2.13 bits per heavy atom. The molecule has 0 aliphatic heterocycles. The van der Waals surface area contributed by atoms with Gasteiger partial charge in [-0.2, -0.15) is 0 Å². The van der Waals surface area contributed by atoms with E-state index in [1.165, 1.54) is 11.1 Å². The molecule has 0 N–H and O–H groups in total. The smallest absolute Gasteiger partial charge is 0.150 e. The SMILES string of the molecule is COCCCCc1cc(C=O)ccc1C. The molecule has 0 radical (unpaired) electrons. The van der Waals surface area contributed by atoms with Gasteiger partial charge >= 0.3 is 0 Å². The van der Waals surface area contributed by atoms with E-state index in [0.29, 0.717) is 0 Å². The van der Waals surface area contributed by atoms with Crippen molar-refractivity contribution < 1.29 is 9.53 Å². The number of hydrogen-bond donors (Lipinski definition) is 0. The summed E-state index contributed by atoms with van der Waals surface area (Å²) in [5.74, 6) is 0. The van der Waals surface area contributed by atoms with Gasteiger partial charge in [0.15, 0.2) is 0 Å². The van der Waals surface area contributed by atoms with Crippen molar-refractivity contribution >= 4 is 6.29 Å². The van der Waals surface area contributed by atoms with E-state index in [0.717, 1.165) is 37.7 Å². The molecule has 1 rings (SSSR count). The highest BCUT2D eigenvalue weighted by Gasteiger charge is 2.00. The van der Waals surface area contributed by atoms with Gasteiger partial charge in [-0.3, -0.25) is 4.79 Å². The number of unbranched alkanes of at least 4 members (excludes halogenated alkanes) is 1. The predicted molar refractivity (Wildman–Crippen MR) is 61.4 cm³/mol. The third kappa shape index (κ3) is 3.84. The van der Waals surface area contributed by atoms with Gasteiger partial charge in [0, 0.05) is 19.3 Å². The molecule has 0 heterocycles. The van der Waals surface area contributed by atoms with Crippen molar-refractivity contribution in [3.63, 3.8) is 0 Å². The molecule has 0 aliphatic rings. The second kappa shape index (κ2) is 6.36. The van der Waals surface area contributed by atoms with E-state index in [-0.39, 0.29) is 0 Å². The molecular weight excluding hydrogens is 188 g/mol. The van der Waals surface area contributed by atoms with Gasteiger partial charge in [0.05, 0.1) is 0 Å². The van der Waals surface area contributed by atoms with Crippen molar-refractivity contribution in [2.24, 2.45) is 0 Å². The molecule has 15 heavy (non-hydrogen) atoms. The molecule has 1 aromatic rings. The normalized spacial score (nSPS) is 10.3. The molecule has 0 saturated carbocycles. The number of rotatable bonds is 6. The zero-order valence-corrected chi connectivity index (χ0v) is 9.45. The van der Waals surface area contributed by atoms with Gasteiger partial charge in [-0.25, -0.2) is 0 Å². The summed E-state index contributed by atoms with van der Waals surface area (Å²) in [6.07, 6.45) is 4.10. The fourth-order valence-electron chi connectivity index (χ4n) is 1.60. The van der Waals surface area contributed by atoms with Crippen LogP contribution in [0.1, 0.15) is 34.3 Å². The first-order valence-corrected chi connectivity index (χ1v) is 5.31. The Balaban J connectivity index is 2.55. The summed E-state index contributed by atoms with van der Waals surface area (Å²) in [4.78, 5) is 10.6. The van der Waals surface area contributed by atoms with Crippen molar-refractivity contribution in [3.05, 3.63) is 34.9 Å². The summed E-state index contributed by atoms with van der Waals surface area (Å²) in [5, 5.41) is 0. The number of aldehydes is 1. The van der Waals surface area contributed by atoms with Crippen LogP contribution in [-0.2, 0) is 11.2 Å². The molecule has 0 unspecified atom stereocenters. The number of ether oxygens (including phenoxy) is 1. The lowest BCUT2D eigenvalue weighted by atomic mass is 10.0. The molecule has 82 valence electrons. The Morgan fingerprint density at radius 1 is 1.33 bits per heavy atom. The van der Waals surface area contributed by atoms with Crippen molar-refractivity contribution in [2.45, 2.75) is 26.2 Å². The Hall–Kier alpha value is -1.15. The molecule has 0 saturated heterocycles. The average Bonchev–Trinajstić information content (AvgIpc) is 2.26. The fourth-order valence-corrected chi connectivity index (χ4v) is 1.60. The summed E-state index contributed by atoms with van der Waals surface area (Å²) < 4.78 is 5.00. The molecule has 2 heteroatoms. The third-order valence-electron chi connectivity index (χ3n) is 2.55. The van der Waals surface area contributed by atoms with Gasteiger partial charge in [0.1, 0.15) is 6.29 Å². The molecule has 0 bridgehead atoms. The maximum Gasteiger partial charge on any atom is 0.150 e. The maximum atomic E-state index is 10.6. The van der Waals surface area contributed by atoms with Crippen LogP contribution in [0.5, 0.6) is 0 Å². The van der Waals surface area contributed by atoms with Crippen LogP contribution in [0.2, 0.25) is 0 Å². The Labute approximate surface area is 91.3 Å². The number of methoxy groups -OCH3 is 1. The van der Waals surface area contributed by atoms with Crippen molar-refractivity contribution in [1.29, 1.82) is 0 Å². The van der Waals surface area contributed by atoms with E-state index in [9.17, 15) is 4.79 Å². The van der Waals surface area contributed by atoms with Crippen molar-refractivity contribution in [2.75, 3.05) is 13.7 Å². The Kier molecular flexibility index (Phi) is 5.05. The van der Waals surface area contributed by atoms with E-state index in [2.05, 4.69) is 6.92 Å². The molecule has 0 amide bonds. The van der Waals surface area contributed by atoms with Gasteiger partial charge in [-0.1, -0.05) is 12.1 Å². The van der Waals surface area contributed by atoms with Gasteiger partial charge < -0.3 is 4.74 Å². The second-order valence-corrected chi connectivity index (χ2v) is 3.75. The number of carbonyl (C=O) groups excluding carboxylic acids is 1. The third-order valence-corrected chi connectivity index (χ3v) is 2.55. The summed E-state index contributed by atoms with van der Waals surface area (Å²) in [7, 11) is 1.72. The van der Waals surface area contributed by atoms with E-state index in [1.807, 2.05) is 18.2 Å². The highest BCUT2D eigenvalue weighted by molar-refractivity contribution is 5.75. The van der Waals surface area contributed by atoms with Gasteiger partial charge in [0.2, 0.25) is 0 Å². The first kappa shape index (κ1) is 11.9. The van der Waals surface area contributed by atoms with Gasteiger partial charge in [-0.05, 0) is 43.4 Å². The van der Waals surface area contributed by atoms with E-state index < -0.39 is 0 Å². The van der Waals surface area contributed by atoms with Crippen LogP contribution < -0.4 is 0 Å². The van der Waals surface area contributed by atoms with E-state index in [1.54, 1.807) is 7.11 Å². The largest absolute Gasteiger partial charge is 0.385 e. The second-order valence-electron chi connectivity index (χ2n) is 3.75. The molecule has 2 nitrogen and oxygen atoms in total. The van der Waals surface area contributed by atoms with Crippen LogP contribution in [0, 0.1) is 6.92 Å². The molecule has 0 spiro atoms. The van der Waals surface area contributed by atoms with Gasteiger partial charge in [0.25, 0.3) is 0 Å². The van der Waals surface area contributed by atoms with Crippen LogP contribution in [-0.4, -0.2) is 20.0 Å². The molecule has 0 aromatic heterocycles. The monoisotopic (exact) mass is 206 g/mol. The van der Waals surface area contributed by atoms with Crippen LogP contribution in [0.25, 0.3) is 0 Å². The van der Waals surface area contributed by atoms with E-state index >= 15 is 0 Å². The minimum atomic E-state index is 0.766. The number of carbonyl (C=O) groups is 1. The van der Waals surface area contributed by atoms with E-state index in [4.69, 9.17) is 4.74 Å². The lowest BCUT2D eigenvalue weighted by Gasteiger charge is -2.06. The summed E-state index contributed by atoms with van der Waals surface area (Å²) in [5.41, 5.74) is 3.30. The molecule has 1 aromatic carbocycles. The highest BCUT2D eigenvalue weighted by atomic mass is 16.5. The quantitative estimate of drug-likeness (QED) is 0.528. The standard InChI is InChI=1S/C13H18O2/c1-11-6-7-12(10-14)9-13(11)5-3-4-8-15-2/h6-7,9-10H,3-5,8H2,1-2H3. The summed E-state index contributed by atoms with van der Waals surface area (Å²) in [6, 6.07) is 5.85. The fraction of sp³-hybridized carbons (Fsp3) is 0.462. The van der Waals surface area contributed by atoms with Gasteiger partial charge in [-0.15, -0.1) is 0 Å². The zero-order valence-electron chi connectivity index (χ0n) is 9.45. The Bertz CT molecular complexity index is 318. The number of aryl methyl sites for hydroxylation is 2. The molecule has 0 aliphatic carbocycles. The van der Waals surface area contributed by atoms with Crippen molar-refractivity contribution in [3.8, 4) is 0 Å². The van der Waals surface area contributed by atoms with Crippen LogP contribution in [0.15, 0.2) is 18.2 Å². The first-order valence-electron chi connectivity index (χ1n) is 5.31. The summed E-state index contributed by atoms with van der Waals surface area (Å²) in [6.45, 7) is 2.90. The van der Waals surface area contributed by atoms with Crippen LogP contribution in [0.3, 0.4) is 0 Å². The minimum Gasteiger partial charge on any atom is -0.385 e. The predicted octanol–water partition coefficient (Wildman–Crippen LogP) is 2.78. The van der Waals surface area contributed by atoms with Crippen LogP contribution >= 0.6 is 0 Å². The van der Waals surface area contributed by atoms with Crippen LogP contribution in [0.4, 0.5) is 0 Å². The van der Waals surface area contributed by atoms with Crippen molar-refractivity contribution in [1.82, 2.24) is 0 Å². The lowest BCUT2D eigenvalue weighted by molar-refractivity contribution is 0.112. The molecule has 0 atom stereocenters.